The summed E-state index contributed by atoms with van der Waals surface area (Å²) in [5.74, 6) is 2.34. The highest BCUT2D eigenvalue weighted by Crippen LogP contribution is 2.35. The van der Waals surface area contributed by atoms with E-state index < -0.39 is 0 Å². The first-order chi connectivity index (χ1) is 10.4. The summed E-state index contributed by atoms with van der Waals surface area (Å²) in [6.07, 6.45) is 1.88. The lowest BCUT2D eigenvalue weighted by Crippen LogP contribution is -2.22. The average molecular weight is 304 g/mol. The van der Waals surface area contributed by atoms with Gasteiger partial charge in [0.15, 0.2) is 11.5 Å². The molecule has 5 nitrogen and oxygen atoms in total. The predicted octanol–water partition coefficient (Wildman–Crippen LogP) is 2.14. The summed E-state index contributed by atoms with van der Waals surface area (Å²) in [6, 6.07) is 5.66. The van der Waals surface area contributed by atoms with E-state index in [-0.39, 0.29) is 6.79 Å². The second-order valence-electron chi connectivity index (χ2n) is 5.02. The van der Waals surface area contributed by atoms with Crippen LogP contribution in [0.25, 0.3) is 0 Å². The van der Waals surface area contributed by atoms with Gasteiger partial charge in [0.1, 0.15) is 5.75 Å². The van der Waals surface area contributed by atoms with Crippen LogP contribution in [0, 0.1) is 0 Å². The van der Waals surface area contributed by atoms with E-state index in [0.717, 1.165) is 48.2 Å². The number of thiazole rings is 1. The molecule has 21 heavy (non-hydrogen) atoms. The predicted molar refractivity (Wildman–Crippen MR) is 79.3 cm³/mol. The minimum atomic E-state index is 0.289. The molecule has 3 heterocycles. The number of nitrogens with zero attached hydrogens (tertiary/aromatic N) is 1. The summed E-state index contributed by atoms with van der Waals surface area (Å²) in [5.41, 5.74) is 1.26. The summed E-state index contributed by atoms with van der Waals surface area (Å²) < 4.78 is 16.4. The molecular formula is C15H16N2O3S. The topological polar surface area (TPSA) is 52.6 Å². The van der Waals surface area contributed by atoms with Gasteiger partial charge in [-0.15, -0.1) is 11.3 Å². The molecule has 0 aliphatic carbocycles. The van der Waals surface area contributed by atoms with Crippen LogP contribution in [0.15, 0.2) is 18.2 Å². The van der Waals surface area contributed by atoms with Gasteiger partial charge >= 0.3 is 0 Å². The number of aromatic nitrogens is 1. The molecule has 1 aromatic heterocycles. The van der Waals surface area contributed by atoms with Crippen LogP contribution in [-0.2, 0) is 19.4 Å². The average Bonchev–Trinajstić information content (AvgIpc) is 3.12. The lowest BCUT2D eigenvalue weighted by Gasteiger charge is -2.09. The molecule has 0 saturated heterocycles. The van der Waals surface area contributed by atoms with Gasteiger partial charge in [0, 0.05) is 36.9 Å². The number of hydrogen-bond acceptors (Lipinski definition) is 6. The number of ether oxygens (including phenoxy) is 3. The standard InChI is InChI=1S/C15H16N2O3S/c1-2-12-13(20-9-19-12)7-10(1)18-6-4-15-17-11-3-5-16-8-14(11)21-15/h1-2,7,16H,3-6,8-9H2. The number of benzene rings is 1. The maximum atomic E-state index is 5.78. The van der Waals surface area contributed by atoms with Crippen molar-refractivity contribution < 1.29 is 14.2 Å². The van der Waals surface area contributed by atoms with E-state index in [1.807, 2.05) is 18.2 Å². The van der Waals surface area contributed by atoms with E-state index in [4.69, 9.17) is 19.2 Å². The third-order valence-corrected chi connectivity index (χ3v) is 4.73. The number of hydrogen-bond donors (Lipinski definition) is 1. The van der Waals surface area contributed by atoms with Gasteiger partial charge in [-0.05, 0) is 12.1 Å². The molecule has 0 amide bonds. The van der Waals surface area contributed by atoms with E-state index in [1.165, 1.54) is 10.6 Å². The highest BCUT2D eigenvalue weighted by molar-refractivity contribution is 7.11. The third-order valence-electron chi connectivity index (χ3n) is 3.58. The van der Waals surface area contributed by atoms with Gasteiger partial charge in [0.25, 0.3) is 0 Å². The first-order valence-corrected chi connectivity index (χ1v) is 7.91. The van der Waals surface area contributed by atoms with Crippen LogP contribution in [-0.4, -0.2) is 24.9 Å². The number of rotatable bonds is 4. The van der Waals surface area contributed by atoms with Crippen molar-refractivity contribution in [2.75, 3.05) is 19.9 Å². The second kappa shape index (κ2) is 5.54. The van der Waals surface area contributed by atoms with Crippen molar-refractivity contribution in [3.8, 4) is 17.2 Å². The Morgan fingerprint density at radius 2 is 2.24 bits per heavy atom. The summed E-state index contributed by atoms with van der Waals surface area (Å²) in [7, 11) is 0. The highest BCUT2D eigenvalue weighted by atomic mass is 32.1. The summed E-state index contributed by atoms with van der Waals surface area (Å²) in [4.78, 5) is 6.07. The van der Waals surface area contributed by atoms with Crippen molar-refractivity contribution in [3.63, 3.8) is 0 Å². The Morgan fingerprint density at radius 3 is 3.19 bits per heavy atom. The Balaban J connectivity index is 1.36. The molecular weight excluding hydrogens is 288 g/mol. The molecule has 0 spiro atoms. The summed E-state index contributed by atoms with van der Waals surface area (Å²) >= 11 is 1.79. The van der Waals surface area contributed by atoms with E-state index >= 15 is 0 Å². The molecule has 0 unspecified atom stereocenters. The van der Waals surface area contributed by atoms with Gasteiger partial charge in [-0.2, -0.15) is 0 Å². The maximum absolute atomic E-state index is 5.78. The van der Waals surface area contributed by atoms with Gasteiger partial charge in [-0.25, -0.2) is 4.98 Å². The fraction of sp³-hybridized carbons (Fsp3) is 0.400. The number of nitrogens with one attached hydrogen (secondary N) is 1. The number of fused-ring (bicyclic) bond motifs is 2. The lowest BCUT2D eigenvalue weighted by atomic mass is 10.2. The van der Waals surface area contributed by atoms with Gasteiger partial charge in [-0.3, -0.25) is 0 Å². The van der Waals surface area contributed by atoms with E-state index in [0.29, 0.717) is 6.61 Å². The van der Waals surface area contributed by atoms with E-state index in [9.17, 15) is 0 Å². The molecule has 110 valence electrons. The van der Waals surface area contributed by atoms with Crippen molar-refractivity contribution in [3.05, 3.63) is 33.8 Å². The van der Waals surface area contributed by atoms with Gasteiger partial charge in [-0.1, -0.05) is 0 Å². The molecule has 0 bridgehead atoms. The normalized spacial score (nSPS) is 15.8. The molecule has 1 aromatic carbocycles. The largest absolute Gasteiger partial charge is 0.493 e. The maximum Gasteiger partial charge on any atom is 0.231 e. The van der Waals surface area contributed by atoms with Crippen LogP contribution < -0.4 is 19.5 Å². The van der Waals surface area contributed by atoms with E-state index in [2.05, 4.69) is 5.32 Å². The summed E-state index contributed by atoms with van der Waals surface area (Å²) in [6.45, 7) is 2.90. The van der Waals surface area contributed by atoms with Gasteiger partial charge in [0.2, 0.25) is 6.79 Å². The minimum absolute atomic E-state index is 0.289. The van der Waals surface area contributed by atoms with Gasteiger partial charge in [0.05, 0.1) is 17.3 Å². The Bertz CT molecular complexity index is 633. The first kappa shape index (κ1) is 12.9. The van der Waals surface area contributed by atoms with Crippen LogP contribution >= 0.6 is 11.3 Å². The molecule has 2 aliphatic rings. The van der Waals surface area contributed by atoms with Crippen molar-refractivity contribution in [1.29, 1.82) is 0 Å². The molecule has 0 atom stereocenters. The fourth-order valence-electron chi connectivity index (χ4n) is 2.51. The van der Waals surface area contributed by atoms with Crippen molar-refractivity contribution in [1.82, 2.24) is 10.3 Å². The second-order valence-corrected chi connectivity index (χ2v) is 6.19. The molecule has 0 saturated carbocycles. The molecule has 4 rings (SSSR count). The Hall–Kier alpha value is -1.79. The molecule has 1 N–H and O–H groups in total. The van der Waals surface area contributed by atoms with Crippen LogP contribution in [0.4, 0.5) is 0 Å². The van der Waals surface area contributed by atoms with E-state index in [1.54, 1.807) is 11.3 Å². The fourth-order valence-corrected chi connectivity index (χ4v) is 3.57. The van der Waals surface area contributed by atoms with Crippen LogP contribution in [0.3, 0.4) is 0 Å². The zero-order valence-electron chi connectivity index (χ0n) is 11.6. The minimum Gasteiger partial charge on any atom is -0.493 e. The van der Waals surface area contributed by atoms with Crippen LogP contribution in [0.1, 0.15) is 15.6 Å². The first-order valence-electron chi connectivity index (χ1n) is 7.09. The van der Waals surface area contributed by atoms with Crippen LogP contribution in [0.2, 0.25) is 0 Å². The SMILES string of the molecule is c1cc2c(cc1OCCc1nc3c(s1)CNCC3)OCO2. The molecule has 2 aromatic rings. The van der Waals surface area contributed by atoms with Gasteiger partial charge < -0.3 is 19.5 Å². The highest BCUT2D eigenvalue weighted by Gasteiger charge is 2.15. The Morgan fingerprint density at radius 1 is 1.29 bits per heavy atom. The van der Waals surface area contributed by atoms with Crippen molar-refractivity contribution >= 4 is 11.3 Å². The monoisotopic (exact) mass is 304 g/mol. The third kappa shape index (κ3) is 2.69. The van der Waals surface area contributed by atoms with Crippen molar-refractivity contribution in [2.24, 2.45) is 0 Å². The summed E-state index contributed by atoms with van der Waals surface area (Å²) in [5, 5.41) is 4.53. The molecule has 6 heteroatoms. The quantitative estimate of drug-likeness (QED) is 0.938. The van der Waals surface area contributed by atoms with Crippen molar-refractivity contribution in [2.45, 2.75) is 19.4 Å². The smallest absolute Gasteiger partial charge is 0.231 e. The Labute approximate surface area is 126 Å². The molecule has 0 fully saturated rings. The molecule has 2 aliphatic heterocycles. The Kier molecular flexibility index (Phi) is 3.40. The zero-order valence-corrected chi connectivity index (χ0v) is 12.4. The van der Waals surface area contributed by atoms with Crippen LogP contribution in [0.5, 0.6) is 17.2 Å². The lowest BCUT2D eigenvalue weighted by molar-refractivity contribution is 0.173. The molecule has 0 radical (unpaired) electrons. The zero-order chi connectivity index (χ0) is 14.1.